The lowest BCUT2D eigenvalue weighted by Gasteiger charge is -2.35. The summed E-state index contributed by atoms with van der Waals surface area (Å²) in [4.78, 5) is 102. The number of unbranched alkanes of at least 4 members (excludes halogenated alkanes) is 1. The molecule has 21 heteroatoms. The molecule has 2 aromatic carbocycles. The fraction of sp³-hybridized carbons (Fsp3) is 0.512. The van der Waals surface area contributed by atoms with Crippen molar-refractivity contribution in [2.75, 3.05) is 25.5 Å². The van der Waals surface area contributed by atoms with E-state index in [1.165, 1.54) is 48.3 Å². The highest BCUT2D eigenvalue weighted by atomic mass is 32.2. The Bertz CT molecular complexity index is 2000. The van der Waals surface area contributed by atoms with Crippen molar-refractivity contribution in [3.63, 3.8) is 0 Å². The fourth-order valence-corrected chi connectivity index (χ4v) is 7.52. The second-order valence-corrected chi connectivity index (χ2v) is 17.1. The Balaban J connectivity index is 2.10. The van der Waals surface area contributed by atoms with E-state index in [0.717, 1.165) is 12.1 Å². The minimum atomic E-state index is -4.45. The van der Waals surface area contributed by atoms with Crippen LogP contribution in [0.3, 0.4) is 0 Å². The summed E-state index contributed by atoms with van der Waals surface area (Å²) in [6.07, 6.45) is 0.822. The van der Waals surface area contributed by atoms with Crippen LogP contribution < -0.4 is 43.2 Å². The molecule has 7 amide bonds. The second-order valence-electron chi connectivity index (χ2n) is 15.4. The molecule has 0 saturated carbocycles. The van der Waals surface area contributed by atoms with E-state index in [4.69, 9.17) is 17.2 Å². The summed E-state index contributed by atoms with van der Waals surface area (Å²) in [5, 5.41) is 20.4. The predicted molar refractivity (Wildman–Crippen MR) is 229 cm³/mol. The highest BCUT2D eigenvalue weighted by Crippen LogP contribution is 2.19. The quantitative estimate of drug-likeness (QED) is 0.0556. The maximum absolute atomic E-state index is 14.0. The van der Waals surface area contributed by atoms with Gasteiger partial charge in [0.2, 0.25) is 45.5 Å². The van der Waals surface area contributed by atoms with Crippen molar-refractivity contribution in [2.24, 2.45) is 29.0 Å². The maximum Gasteiger partial charge on any atom is 0.321 e. The fourth-order valence-electron chi connectivity index (χ4n) is 6.30. The number of likely N-dealkylation sites (N-methyl/N-ethyl adjacent to an activating group) is 1. The number of carboxylic acid groups (broad SMARTS) is 1. The Morgan fingerprint density at radius 2 is 1.39 bits per heavy atom. The van der Waals surface area contributed by atoms with Crippen LogP contribution in [-0.4, -0.2) is 110 Å². The summed E-state index contributed by atoms with van der Waals surface area (Å²) in [6.45, 7) is 7.60. The highest BCUT2D eigenvalue weighted by Gasteiger charge is 2.36. The molecule has 0 fully saturated rings. The number of sulfonamides is 1. The number of anilines is 1. The number of hydrogen-bond acceptors (Lipinski definition) is 11. The third-order valence-electron chi connectivity index (χ3n) is 9.90. The van der Waals surface area contributed by atoms with Gasteiger partial charge < -0.3 is 48.5 Å². The summed E-state index contributed by atoms with van der Waals surface area (Å²) >= 11 is 0. The van der Waals surface area contributed by atoms with Crippen LogP contribution in [-0.2, 0) is 38.8 Å². The smallest absolute Gasteiger partial charge is 0.321 e. The van der Waals surface area contributed by atoms with Crippen LogP contribution in [0, 0.1) is 11.8 Å². The number of rotatable bonds is 27. The average molecular weight is 888 g/mol. The van der Waals surface area contributed by atoms with Crippen molar-refractivity contribution in [2.45, 2.75) is 108 Å². The van der Waals surface area contributed by atoms with Crippen molar-refractivity contribution in [3.05, 3.63) is 59.7 Å². The van der Waals surface area contributed by atoms with Gasteiger partial charge in [0.1, 0.15) is 24.2 Å². The molecule has 0 aromatic heterocycles. The zero-order valence-electron chi connectivity index (χ0n) is 35.8. The molecule has 342 valence electrons. The number of nitrogens with two attached hydrogens (primary N) is 3. The number of nitrogens with zero attached hydrogens (tertiary/aromatic N) is 1. The number of hydrogen-bond donors (Lipinski definition) is 9. The number of benzene rings is 2. The number of primary amides is 2. The number of amides is 7. The lowest BCUT2D eigenvalue weighted by atomic mass is 9.95. The summed E-state index contributed by atoms with van der Waals surface area (Å²) < 4.78 is 28.4. The van der Waals surface area contributed by atoms with E-state index in [1.54, 1.807) is 0 Å². The largest absolute Gasteiger partial charge is 0.480 e. The molecule has 0 radical (unpaired) electrons. The molecule has 5 atom stereocenters. The van der Waals surface area contributed by atoms with Gasteiger partial charge >= 0.3 is 5.97 Å². The summed E-state index contributed by atoms with van der Waals surface area (Å²) in [5.74, 6) is -6.06. The molecular formula is C41H61N9O11S. The minimum absolute atomic E-state index is 0.0547. The van der Waals surface area contributed by atoms with E-state index in [0.29, 0.717) is 19.3 Å². The molecular weight excluding hydrogens is 827 g/mol. The molecule has 0 spiro atoms. The van der Waals surface area contributed by atoms with Crippen LogP contribution >= 0.6 is 0 Å². The number of carboxylic acids is 1. The van der Waals surface area contributed by atoms with Crippen molar-refractivity contribution >= 4 is 63.0 Å². The van der Waals surface area contributed by atoms with E-state index in [2.05, 4.69) is 26.0 Å². The number of carbonyl (C=O) groups excluding carboxylic acids is 7. The lowest BCUT2D eigenvalue weighted by molar-refractivity contribution is -0.144. The van der Waals surface area contributed by atoms with Gasteiger partial charge in [-0.15, -0.1) is 0 Å². The Kier molecular flexibility index (Phi) is 21.1. The van der Waals surface area contributed by atoms with Gasteiger partial charge in [-0.25, -0.2) is 8.42 Å². The summed E-state index contributed by atoms with van der Waals surface area (Å²) in [5.41, 5.74) is 16.8. The van der Waals surface area contributed by atoms with Gasteiger partial charge in [0, 0.05) is 43.2 Å². The van der Waals surface area contributed by atoms with E-state index < -0.39 is 94.4 Å². The lowest BCUT2D eigenvalue weighted by Crippen LogP contribution is -2.58. The van der Waals surface area contributed by atoms with Gasteiger partial charge in [0.25, 0.3) is 5.91 Å². The number of aliphatic carboxylic acids is 1. The van der Waals surface area contributed by atoms with Crippen LogP contribution in [0.2, 0.25) is 0 Å². The molecule has 2 aromatic rings. The van der Waals surface area contributed by atoms with Gasteiger partial charge in [0.15, 0.2) is 0 Å². The Morgan fingerprint density at radius 3 is 1.92 bits per heavy atom. The molecule has 0 aliphatic carbocycles. The third-order valence-corrected chi connectivity index (χ3v) is 11.4. The zero-order chi connectivity index (χ0) is 46.7. The molecule has 0 bridgehead atoms. The second kappa shape index (κ2) is 25.1. The minimum Gasteiger partial charge on any atom is -0.480 e. The van der Waals surface area contributed by atoms with Crippen molar-refractivity contribution in [1.29, 1.82) is 0 Å². The molecule has 0 unspecified atom stereocenters. The van der Waals surface area contributed by atoms with E-state index >= 15 is 0 Å². The first-order chi connectivity index (χ1) is 29.1. The predicted octanol–water partition coefficient (Wildman–Crippen LogP) is 0.559. The molecule has 12 N–H and O–H groups in total. The Hall–Kier alpha value is -5.93. The molecule has 20 nitrogen and oxygen atoms in total. The van der Waals surface area contributed by atoms with Crippen molar-refractivity contribution in [1.82, 2.24) is 25.6 Å². The molecule has 0 saturated heterocycles. The highest BCUT2D eigenvalue weighted by molar-refractivity contribution is 7.89. The van der Waals surface area contributed by atoms with Gasteiger partial charge in [-0.2, -0.15) is 4.72 Å². The van der Waals surface area contributed by atoms with Crippen LogP contribution in [0.5, 0.6) is 0 Å². The molecule has 2 rings (SSSR count). The standard InChI is InChI=1S/C41H61N9O11S/c1-6-25(4)35(39(56)45-22-8-7-9-33(43)51)50(5)40(57)32(23-24(2)3)48-38(55)30(20-21-42)47-34(52)19-18-31(41(58)59)49-62(60,61)29-16-14-28(15-17-29)46-37(54)27-12-10-26(11-13-27)36(44)53/h10-17,24-25,30-32,35,49H,6-9,18-23,42H2,1-5H3,(H2,43,51)(H2,44,53)(H,45,56)(H,46,54)(H,47,52)(H,48,55)(H,58,59)/t25-,30-,31+,32-,35-/m0/s1. The molecule has 0 heterocycles. The first kappa shape index (κ1) is 52.2. The monoisotopic (exact) mass is 887 g/mol. The maximum atomic E-state index is 14.0. The van der Waals surface area contributed by atoms with Crippen molar-refractivity contribution in [3.8, 4) is 0 Å². The van der Waals surface area contributed by atoms with E-state index in [1.807, 2.05) is 27.7 Å². The van der Waals surface area contributed by atoms with E-state index in [9.17, 15) is 51.9 Å². The normalized spacial score (nSPS) is 13.7. The van der Waals surface area contributed by atoms with Crippen LogP contribution in [0.25, 0.3) is 0 Å². The van der Waals surface area contributed by atoms with Crippen LogP contribution in [0.1, 0.15) is 99.8 Å². The first-order valence-electron chi connectivity index (χ1n) is 20.3. The molecule has 62 heavy (non-hydrogen) atoms. The van der Waals surface area contributed by atoms with E-state index in [-0.39, 0.29) is 65.9 Å². The van der Waals surface area contributed by atoms with Gasteiger partial charge in [-0.3, -0.25) is 38.4 Å². The Labute approximate surface area is 361 Å². The summed E-state index contributed by atoms with van der Waals surface area (Å²) in [7, 11) is -2.98. The van der Waals surface area contributed by atoms with Gasteiger partial charge in [-0.05, 0) is 99.0 Å². The van der Waals surface area contributed by atoms with Gasteiger partial charge in [-0.1, -0.05) is 34.1 Å². The summed E-state index contributed by atoms with van der Waals surface area (Å²) in [6, 6.07) is 5.39. The van der Waals surface area contributed by atoms with Gasteiger partial charge in [0.05, 0.1) is 4.90 Å². The van der Waals surface area contributed by atoms with Crippen LogP contribution in [0.15, 0.2) is 53.4 Å². The Morgan fingerprint density at radius 1 is 0.774 bits per heavy atom. The zero-order valence-corrected chi connectivity index (χ0v) is 36.6. The molecule has 0 aliphatic heterocycles. The SMILES string of the molecule is CC[C@H](C)[C@@H](C(=O)NCCCCC(N)=O)N(C)C(=O)[C@H](CC(C)C)NC(=O)[C@H](CCN)NC(=O)CC[C@@H](NS(=O)(=O)c1ccc(NC(=O)c2ccc(C(N)=O)cc2)cc1)C(=O)O. The molecule has 0 aliphatic rings. The van der Waals surface area contributed by atoms with Crippen LogP contribution in [0.4, 0.5) is 5.69 Å². The van der Waals surface area contributed by atoms with Crippen molar-refractivity contribution < 1.29 is 51.9 Å². The topological polar surface area (TPSA) is 332 Å². The number of nitrogens with one attached hydrogen (secondary N) is 5. The third kappa shape index (κ3) is 16.8. The number of carbonyl (C=O) groups is 8. The first-order valence-corrected chi connectivity index (χ1v) is 21.8. The average Bonchev–Trinajstić information content (AvgIpc) is 3.21.